The van der Waals surface area contributed by atoms with Crippen molar-refractivity contribution in [1.29, 1.82) is 10.5 Å². The Morgan fingerprint density at radius 1 is 0.949 bits per heavy atom. The number of benzene rings is 3. The number of pyridine rings is 1. The summed E-state index contributed by atoms with van der Waals surface area (Å²) in [6.45, 7) is 4.00. The summed E-state index contributed by atoms with van der Waals surface area (Å²) in [5.74, 6) is -0.0638. The molecular formula is C31H25N5OS2. The SMILES string of the molecule is CCc1ccc(-c2c(C#N)c(N)nc(SC(CC)C(=O)N3c4ccccc4Sc4ccccc43)c2C#N)cc1. The second-order valence-electron chi connectivity index (χ2n) is 8.93. The molecule has 1 amide bonds. The number of carbonyl (C=O) groups is 1. The number of para-hydroxylation sites is 2. The van der Waals surface area contributed by atoms with E-state index in [1.54, 1.807) is 16.7 Å². The number of carbonyl (C=O) groups excluding carboxylic acids is 1. The number of rotatable bonds is 6. The molecule has 2 heterocycles. The van der Waals surface area contributed by atoms with Gasteiger partial charge in [-0.15, -0.1) is 0 Å². The van der Waals surface area contributed by atoms with Crippen LogP contribution in [-0.4, -0.2) is 16.1 Å². The van der Waals surface area contributed by atoms with Gasteiger partial charge in [-0.3, -0.25) is 9.69 Å². The summed E-state index contributed by atoms with van der Waals surface area (Å²) in [4.78, 5) is 22.4. The van der Waals surface area contributed by atoms with Crippen molar-refractivity contribution >= 4 is 46.6 Å². The average molecular weight is 548 g/mol. The Kier molecular flexibility index (Phi) is 7.60. The number of anilines is 3. The highest BCUT2D eigenvalue weighted by Crippen LogP contribution is 2.49. The Labute approximate surface area is 236 Å². The van der Waals surface area contributed by atoms with Crippen molar-refractivity contribution in [2.24, 2.45) is 0 Å². The van der Waals surface area contributed by atoms with Crippen LogP contribution in [0.3, 0.4) is 0 Å². The highest BCUT2D eigenvalue weighted by Gasteiger charge is 2.33. The minimum Gasteiger partial charge on any atom is -0.383 e. The minimum absolute atomic E-state index is 0.0425. The van der Waals surface area contributed by atoms with E-state index in [4.69, 9.17) is 5.73 Å². The van der Waals surface area contributed by atoms with Crippen LogP contribution in [0, 0.1) is 22.7 Å². The zero-order valence-electron chi connectivity index (χ0n) is 21.5. The second kappa shape index (κ2) is 11.2. The third-order valence-electron chi connectivity index (χ3n) is 6.62. The number of aryl methyl sites for hydroxylation is 1. The number of nitrogens with zero attached hydrogens (tertiary/aromatic N) is 4. The van der Waals surface area contributed by atoms with Gasteiger partial charge in [0.1, 0.15) is 28.5 Å². The van der Waals surface area contributed by atoms with Crippen LogP contribution in [0.25, 0.3) is 11.1 Å². The van der Waals surface area contributed by atoms with Crippen molar-refractivity contribution < 1.29 is 4.79 Å². The van der Waals surface area contributed by atoms with E-state index in [0.717, 1.165) is 33.2 Å². The summed E-state index contributed by atoms with van der Waals surface area (Å²) in [5.41, 5.74) is 10.6. The molecule has 0 aliphatic carbocycles. The van der Waals surface area contributed by atoms with E-state index < -0.39 is 5.25 Å². The molecule has 0 saturated heterocycles. The minimum atomic E-state index is -0.545. The average Bonchev–Trinajstić information content (AvgIpc) is 2.98. The van der Waals surface area contributed by atoms with Gasteiger partial charge in [-0.05, 0) is 48.2 Å². The van der Waals surface area contributed by atoms with Gasteiger partial charge in [0.05, 0.1) is 22.2 Å². The number of nitrogens with two attached hydrogens (primary N) is 1. The number of thioether (sulfide) groups is 1. The predicted molar refractivity (Wildman–Crippen MR) is 157 cm³/mol. The van der Waals surface area contributed by atoms with Gasteiger partial charge in [0.25, 0.3) is 0 Å². The molecule has 0 bridgehead atoms. The molecule has 1 unspecified atom stereocenters. The number of nitrogen functional groups attached to an aromatic ring is 1. The Hall–Kier alpha value is -4.24. The Balaban J connectivity index is 1.58. The van der Waals surface area contributed by atoms with Gasteiger partial charge in [-0.25, -0.2) is 4.98 Å². The standard InChI is InChI=1S/C31H25N5OS2/c1-3-19-13-15-20(16-14-19)28-21(17-32)29(34)35-30(22(28)18-33)39-25(4-2)31(37)36-23-9-5-7-11-26(23)38-27-12-8-6-10-24(27)36/h5-16,25H,3-4H2,1-2H3,(H2,34,35). The van der Waals surface area contributed by atoms with Gasteiger partial charge < -0.3 is 5.73 Å². The van der Waals surface area contributed by atoms with E-state index >= 15 is 0 Å². The largest absolute Gasteiger partial charge is 0.383 e. The van der Waals surface area contributed by atoms with Gasteiger partial charge in [0, 0.05) is 15.4 Å². The Morgan fingerprint density at radius 2 is 1.54 bits per heavy atom. The molecule has 5 rings (SSSR count). The molecule has 1 aliphatic rings. The zero-order chi connectivity index (χ0) is 27.5. The van der Waals surface area contributed by atoms with E-state index in [1.165, 1.54) is 11.8 Å². The summed E-state index contributed by atoms with van der Waals surface area (Å²) in [7, 11) is 0. The molecule has 8 heteroatoms. The number of fused-ring (bicyclic) bond motifs is 2. The van der Waals surface area contributed by atoms with Gasteiger partial charge in [-0.1, -0.05) is 85.9 Å². The molecule has 0 fully saturated rings. The van der Waals surface area contributed by atoms with Crippen molar-refractivity contribution in [3.63, 3.8) is 0 Å². The van der Waals surface area contributed by atoms with Gasteiger partial charge in [0.15, 0.2) is 0 Å². The summed E-state index contributed by atoms with van der Waals surface area (Å²) in [6.07, 6.45) is 1.38. The topological polar surface area (TPSA) is 107 Å². The van der Waals surface area contributed by atoms with E-state index in [2.05, 4.69) is 24.0 Å². The van der Waals surface area contributed by atoms with Crippen LogP contribution in [0.5, 0.6) is 0 Å². The summed E-state index contributed by atoms with van der Waals surface area (Å²) in [5, 5.41) is 19.9. The number of aromatic nitrogens is 1. The van der Waals surface area contributed by atoms with E-state index in [9.17, 15) is 15.3 Å². The number of hydrogen-bond acceptors (Lipinski definition) is 7. The van der Waals surface area contributed by atoms with E-state index in [0.29, 0.717) is 22.6 Å². The van der Waals surface area contributed by atoms with Crippen LogP contribution < -0.4 is 10.6 Å². The van der Waals surface area contributed by atoms with E-state index in [-0.39, 0.29) is 22.9 Å². The third kappa shape index (κ3) is 4.85. The van der Waals surface area contributed by atoms with Crippen LogP contribution in [0.4, 0.5) is 17.2 Å². The molecule has 192 valence electrons. The molecule has 6 nitrogen and oxygen atoms in total. The summed E-state index contributed by atoms with van der Waals surface area (Å²) < 4.78 is 0. The summed E-state index contributed by atoms with van der Waals surface area (Å²) >= 11 is 2.86. The van der Waals surface area contributed by atoms with Crippen molar-refractivity contribution in [3.8, 4) is 23.3 Å². The van der Waals surface area contributed by atoms with Crippen LogP contribution in [-0.2, 0) is 11.2 Å². The fourth-order valence-electron chi connectivity index (χ4n) is 4.61. The normalized spacial score (nSPS) is 12.6. The number of nitriles is 2. The van der Waals surface area contributed by atoms with Crippen LogP contribution >= 0.6 is 23.5 Å². The third-order valence-corrected chi connectivity index (χ3v) is 9.09. The maximum atomic E-state index is 14.2. The first-order chi connectivity index (χ1) is 19.0. The molecule has 1 aromatic heterocycles. The quantitative estimate of drug-likeness (QED) is 0.252. The molecule has 2 N–H and O–H groups in total. The lowest BCUT2D eigenvalue weighted by Crippen LogP contribution is -2.35. The van der Waals surface area contributed by atoms with Gasteiger partial charge in [0.2, 0.25) is 5.91 Å². The van der Waals surface area contributed by atoms with Crippen LogP contribution in [0.1, 0.15) is 37.0 Å². The van der Waals surface area contributed by atoms with Crippen molar-refractivity contribution in [2.45, 2.75) is 46.8 Å². The van der Waals surface area contributed by atoms with Crippen LogP contribution in [0.15, 0.2) is 87.6 Å². The number of hydrogen-bond donors (Lipinski definition) is 1. The molecular weight excluding hydrogens is 523 g/mol. The lowest BCUT2D eigenvalue weighted by atomic mass is 9.96. The van der Waals surface area contributed by atoms with Crippen molar-refractivity contribution in [2.75, 3.05) is 10.6 Å². The Bertz CT molecular complexity index is 1610. The predicted octanol–water partition coefficient (Wildman–Crippen LogP) is 7.34. The van der Waals surface area contributed by atoms with Gasteiger partial charge in [-0.2, -0.15) is 10.5 Å². The molecule has 1 atom stereocenters. The summed E-state index contributed by atoms with van der Waals surface area (Å²) in [6, 6.07) is 27.8. The molecule has 1 aliphatic heterocycles. The fraction of sp³-hybridized carbons (Fsp3) is 0.161. The van der Waals surface area contributed by atoms with Crippen molar-refractivity contribution in [3.05, 3.63) is 89.5 Å². The van der Waals surface area contributed by atoms with Crippen LogP contribution in [0.2, 0.25) is 0 Å². The first kappa shape index (κ1) is 26.4. The maximum Gasteiger partial charge on any atom is 0.245 e. The number of amides is 1. The smallest absolute Gasteiger partial charge is 0.245 e. The molecule has 4 aromatic rings. The van der Waals surface area contributed by atoms with Gasteiger partial charge >= 0.3 is 0 Å². The monoisotopic (exact) mass is 547 g/mol. The fourth-order valence-corrected chi connectivity index (χ4v) is 6.73. The molecule has 3 aromatic carbocycles. The molecule has 0 radical (unpaired) electrons. The molecule has 0 spiro atoms. The highest BCUT2D eigenvalue weighted by molar-refractivity contribution is 8.00. The molecule has 39 heavy (non-hydrogen) atoms. The lowest BCUT2D eigenvalue weighted by Gasteiger charge is -2.33. The zero-order valence-corrected chi connectivity index (χ0v) is 23.1. The Morgan fingerprint density at radius 3 is 2.08 bits per heavy atom. The maximum absolute atomic E-state index is 14.2. The second-order valence-corrected chi connectivity index (χ2v) is 11.2. The lowest BCUT2D eigenvalue weighted by molar-refractivity contribution is -0.117. The first-order valence-corrected chi connectivity index (χ1v) is 14.3. The molecule has 0 saturated carbocycles. The van der Waals surface area contributed by atoms with Crippen molar-refractivity contribution in [1.82, 2.24) is 4.98 Å². The highest BCUT2D eigenvalue weighted by atomic mass is 32.2. The van der Waals surface area contributed by atoms with E-state index in [1.807, 2.05) is 79.7 Å². The first-order valence-electron chi connectivity index (χ1n) is 12.6.